The number of ether oxygens (including phenoxy) is 1. The van der Waals surface area contributed by atoms with Gasteiger partial charge in [0.25, 0.3) is 5.97 Å². The van der Waals surface area contributed by atoms with Crippen LogP contribution in [0.5, 0.6) is 5.75 Å². The van der Waals surface area contributed by atoms with Gasteiger partial charge in [0.05, 0.1) is 13.7 Å². The van der Waals surface area contributed by atoms with Crippen LogP contribution in [0.4, 0.5) is 0 Å². The number of aliphatic imine (C=N–C) groups is 1. The highest BCUT2D eigenvalue weighted by Gasteiger charge is 1.92. The first-order valence-corrected chi connectivity index (χ1v) is 4.83. The molecule has 1 aromatic carbocycles. The predicted molar refractivity (Wildman–Crippen MR) is 65.8 cm³/mol. The molecule has 5 N–H and O–H groups in total. The fourth-order valence-corrected chi connectivity index (χ4v) is 0.914. The maximum Gasteiger partial charge on any atom is 0.300 e. The molecular formula is C11H17N3O3. The summed E-state index contributed by atoms with van der Waals surface area (Å²) in [7, 11) is 1.63. The van der Waals surface area contributed by atoms with Crippen LogP contribution in [0.1, 0.15) is 12.5 Å². The van der Waals surface area contributed by atoms with Crippen LogP contribution in [0.25, 0.3) is 0 Å². The summed E-state index contributed by atoms with van der Waals surface area (Å²) in [5, 5.41) is 7.42. The van der Waals surface area contributed by atoms with E-state index in [2.05, 4.69) is 4.99 Å². The third-order valence-corrected chi connectivity index (χ3v) is 1.60. The quantitative estimate of drug-likeness (QED) is 0.527. The molecule has 0 bridgehead atoms. The maximum atomic E-state index is 9.00. The Balaban J connectivity index is 0.000000557. The largest absolute Gasteiger partial charge is 0.497 e. The van der Waals surface area contributed by atoms with Crippen LogP contribution >= 0.6 is 0 Å². The summed E-state index contributed by atoms with van der Waals surface area (Å²) >= 11 is 0. The molecule has 0 aliphatic rings. The number of carboxylic acids is 1. The molecule has 1 rings (SSSR count). The predicted octanol–water partition coefficient (Wildman–Crippen LogP) is 0.560. The Morgan fingerprint density at radius 2 is 1.82 bits per heavy atom. The Kier molecular flexibility index (Phi) is 6.92. The molecule has 0 heterocycles. The summed E-state index contributed by atoms with van der Waals surface area (Å²) in [6, 6.07) is 7.59. The number of rotatable bonds is 3. The first kappa shape index (κ1) is 14.8. The van der Waals surface area contributed by atoms with Crippen LogP contribution in [-0.4, -0.2) is 24.1 Å². The highest BCUT2D eigenvalue weighted by Crippen LogP contribution is 2.11. The van der Waals surface area contributed by atoms with E-state index in [-0.39, 0.29) is 5.96 Å². The van der Waals surface area contributed by atoms with E-state index < -0.39 is 5.97 Å². The smallest absolute Gasteiger partial charge is 0.300 e. The molecule has 0 atom stereocenters. The van der Waals surface area contributed by atoms with Gasteiger partial charge in [0.15, 0.2) is 5.96 Å². The number of aliphatic carboxylic acids is 1. The van der Waals surface area contributed by atoms with Gasteiger partial charge in [-0.3, -0.25) is 4.79 Å². The lowest BCUT2D eigenvalue weighted by Crippen LogP contribution is -2.22. The molecule has 0 amide bonds. The number of nitrogens with zero attached hydrogens (tertiary/aromatic N) is 1. The maximum absolute atomic E-state index is 9.00. The van der Waals surface area contributed by atoms with E-state index in [0.29, 0.717) is 6.54 Å². The Bertz CT molecular complexity index is 366. The molecule has 94 valence electrons. The van der Waals surface area contributed by atoms with E-state index in [1.807, 2.05) is 24.3 Å². The van der Waals surface area contributed by atoms with Gasteiger partial charge in [-0.2, -0.15) is 0 Å². The van der Waals surface area contributed by atoms with E-state index in [1.165, 1.54) is 0 Å². The van der Waals surface area contributed by atoms with Crippen molar-refractivity contribution in [3.63, 3.8) is 0 Å². The van der Waals surface area contributed by atoms with Crippen molar-refractivity contribution in [2.75, 3.05) is 7.11 Å². The summed E-state index contributed by atoms with van der Waals surface area (Å²) in [4.78, 5) is 12.9. The highest BCUT2D eigenvalue weighted by molar-refractivity contribution is 5.75. The summed E-state index contributed by atoms with van der Waals surface area (Å²) in [6.07, 6.45) is 0. The van der Waals surface area contributed by atoms with Crippen molar-refractivity contribution in [3.05, 3.63) is 29.8 Å². The molecule has 0 fully saturated rings. The van der Waals surface area contributed by atoms with Crippen LogP contribution in [0.15, 0.2) is 29.3 Å². The van der Waals surface area contributed by atoms with Gasteiger partial charge in [0.2, 0.25) is 0 Å². The lowest BCUT2D eigenvalue weighted by Gasteiger charge is -2.00. The number of carbonyl (C=O) groups is 1. The van der Waals surface area contributed by atoms with Crippen LogP contribution in [0.3, 0.4) is 0 Å². The molecule has 0 aromatic heterocycles. The van der Waals surface area contributed by atoms with Crippen molar-refractivity contribution in [2.45, 2.75) is 13.5 Å². The molecule has 1 aromatic rings. The highest BCUT2D eigenvalue weighted by atomic mass is 16.5. The van der Waals surface area contributed by atoms with Gasteiger partial charge in [-0.05, 0) is 17.7 Å². The zero-order chi connectivity index (χ0) is 13.3. The van der Waals surface area contributed by atoms with E-state index in [1.54, 1.807) is 7.11 Å². The summed E-state index contributed by atoms with van der Waals surface area (Å²) < 4.78 is 5.01. The van der Waals surface area contributed by atoms with Crippen LogP contribution in [-0.2, 0) is 11.3 Å². The zero-order valence-corrected chi connectivity index (χ0v) is 9.88. The van der Waals surface area contributed by atoms with Gasteiger partial charge in [-0.1, -0.05) is 12.1 Å². The third-order valence-electron chi connectivity index (χ3n) is 1.60. The van der Waals surface area contributed by atoms with Crippen molar-refractivity contribution in [3.8, 4) is 5.75 Å². The van der Waals surface area contributed by atoms with Crippen molar-refractivity contribution >= 4 is 11.9 Å². The lowest BCUT2D eigenvalue weighted by atomic mass is 10.2. The Labute approximate surface area is 99.9 Å². The van der Waals surface area contributed by atoms with Crippen LogP contribution in [0, 0.1) is 0 Å². The molecule has 0 saturated carbocycles. The average Bonchev–Trinajstić information content (AvgIpc) is 2.26. The molecular weight excluding hydrogens is 222 g/mol. The molecule has 0 aliphatic heterocycles. The zero-order valence-electron chi connectivity index (χ0n) is 9.88. The molecule has 0 unspecified atom stereocenters. The van der Waals surface area contributed by atoms with Crippen molar-refractivity contribution in [1.29, 1.82) is 0 Å². The van der Waals surface area contributed by atoms with E-state index >= 15 is 0 Å². The monoisotopic (exact) mass is 239 g/mol. The Hall–Kier alpha value is -2.24. The standard InChI is InChI=1S/C9H13N3O.C2H4O2/c1-13-8-4-2-7(3-5-8)6-12-9(10)11;1-2(3)4/h2-5H,6H2,1H3,(H4,10,11,12);1H3,(H,3,4). The molecule has 0 saturated heterocycles. The van der Waals surface area contributed by atoms with Gasteiger partial charge >= 0.3 is 0 Å². The SMILES string of the molecule is CC(=O)O.COc1ccc(CN=C(N)N)cc1. The fourth-order valence-electron chi connectivity index (χ4n) is 0.914. The first-order valence-electron chi connectivity index (χ1n) is 4.83. The number of methoxy groups -OCH3 is 1. The van der Waals surface area contributed by atoms with Crippen molar-refractivity contribution < 1.29 is 14.6 Å². The number of benzene rings is 1. The summed E-state index contributed by atoms with van der Waals surface area (Å²) in [5.41, 5.74) is 11.4. The minimum Gasteiger partial charge on any atom is -0.497 e. The van der Waals surface area contributed by atoms with Crippen molar-refractivity contribution in [1.82, 2.24) is 0 Å². The van der Waals surface area contributed by atoms with Crippen molar-refractivity contribution in [2.24, 2.45) is 16.5 Å². The topological polar surface area (TPSA) is 111 Å². The first-order chi connectivity index (χ1) is 7.95. The number of carboxylic acid groups (broad SMARTS) is 1. The molecule has 17 heavy (non-hydrogen) atoms. The van der Waals surface area contributed by atoms with Gasteiger partial charge < -0.3 is 21.3 Å². The van der Waals surface area contributed by atoms with Gasteiger partial charge in [0, 0.05) is 6.92 Å². The number of nitrogens with two attached hydrogens (primary N) is 2. The van der Waals surface area contributed by atoms with Crippen LogP contribution in [0.2, 0.25) is 0 Å². The van der Waals surface area contributed by atoms with E-state index in [9.17, 15) is 0 Å². The van der Waals surface area contributed by atoms with E-state index in [0.717, 1.165) is 18.2 Å². The lowest BCUT2D eigenvalue weighted by molar-refractivity contribution is -0.134. The second-order valence-corrected chi connectivity index (χ2v) is 3.11. The second-order valence-electron chi connectivity index (χ2n) is 3.11. The van der Waals surface area contributed by atoms with Gasteiger partial charge in [-0.25, -0.2) is 4.99 Å². The van der Waals surface area contributed by atoms with Crippen LogP contribution < -0.4 is 16.2 Å². The third kappa shape index (κ3) is 8.73. The molecule has 0 radical (unpaired) electrons. The molecule has 6 heteroatoms. The Morgan fingerprint density at radius 3 is 2.18 bits per heavy atom. The molecule has 6 nitrogen and oxygen atoms in total. The van der Waals surface area contributed by atoms with E-state index in [4.69, 9.17) is 26.1 Å². The van der Waals surface area contributed by atoms with Gasteiger partial charge in [0.1, 0.15) is 5.75 Å². The van der Waals surface area contributed by atoms with Gasteiger partial charge in [-0.15, -0.1) is 0 Å². The number of guanidine groups is 1. The second kappa shape index (κ2) is 7.98. The number of hydrogen-bond acceptors (Lipinski definition) is 3. The molecule has 0 aliphatic carbocycles. The minimum absolute atomic E-state index is 0.107. The average molecular weight is 239 g/mol. The Morgan fingerprint density at radius 1 is 1.35 bits per heavy atom. The number of hydrogen-bond donors (Lipinski definition) is 3. The normalized spacial score (nSPS) is 8.59. The minimum atomic E-state index is -0.833. The molecule has 0 spiro atoms. The summed E-state index contributed by atoms with van der Waals surface area (Å²) in [6.45, 7) is 1.59. The fraction of sp³-hybridized carbons (Fsp3) is 0.273. The summed E-state index contributed by atoms with van der Waals surface area (Å²) in [5.74, 6) is 0.101.